The molecule has 0 atom stereocenters. The molecule has 0 aliphatic carbocycles. The van der Waals surface area contributed by atoms with Crippen LogP contribution in [0.4, 0.5) is 0 Å². The second-order valence-corrected chi connectivity index (χ2v) is 6.43. The summed E-state index contributed by atoms with van der Waals surface area (Å²) in [5.74, 6) is -0.550. The number of nitrogens with zero attached hydrogens (tertiary/aromatic N) is 1. The number of aromatic nitrogens is 1. The second kappa shape index (κ2) is 9.19. The van der Waals surface area contributed by atoms with Crippen molar-refractivity contribution < 1.29 is 14.3 Å². The van der Waals surface area contributed by atoms with Gasteiger partial charge in [0.2, 0.25) is 11.8 Å². The van der Waals surface area contributed by atoms with E-state index in [9.17, 15) is 9.59 Å². The first-order valence-corrected chi connectivity index (χ1v) is 9.36. The summed E-state index contributed by atoms with van der Waals surface area (Å²) in [4.78, 5) is 23.6. The van der Waals surface area contributed by atoms with Crippen LogP contribution in [-0.4, -0.2) is 43.2 Å². The summed E-state index contributed by atoms with van der Waals surface area (Å²) >= 11 is 0. The molecule has 1 aromatic heterocycles. The molecule has 0 radical (unpaired) electrons. The van der Waals surface area contributed by atoms with Crippen LogP contribution in [0.5, 0.6) is 0 Å². The Labute approximate surface area is 164 Å². The van der Waals surface area contributed by atoms with Crippen LogP contribution in [0.25, 0.3) is 27.9 Å². The average molecular weight is 379 g/mol. The molecule has 0 aliphatic rings. The maximum absolute atomic E-state index is 12.0. The first kappa shape index (κ1) is 19.6. The van der Waals surface area contributed by atoms with E-state index in [2.05, 4.69) is 46.4 Å². The monoisotopic (exact) mass is 379 g/mol. The molecule has 0 saturated heterocycles. The summed E-state index contributed by atoms with van der Waals surface area (Å²) in [7, 11) is 1.57. The lowest BCUT2D eigenvalue weighted by Crippen LogP contribution is -2.37. The number of carbonyl (C=O) groups excluding carboxylic acids is 2. The number of para-hydroxylation sites is 1. The van der Waals surface area contributed by atoms with E-state index in [0.717, 1.165) is 17.5 Å². The molecule has 0 fully saturated rings. The molecule has 6 nitrogen and oxygen atoms in total. The van der Waals surface area contributed by atoms with Gasteiger partial charge in [0.1, 0.15) is 0 Å². The maximum Gasteiger partial charge on any atom is 0.244 e. The highest BCUT2D eigenvalue weighted by Gasteiger charge is 2.09. The lowest BCUT2D eigenvalue weighted by Gasteiger charge is -2.04. The fourth-order valence-electron chi connectivity index (χ4n) is 3.27. The number of methoxy groups -OCH3 is 1. The van der Waals surface area contributed by atoms with E-state index in [1.165, 1.54) is 22.5 Å². The number of nitrogens with one attached hydrogen (secondary N) is 2. The number of ether oxygens (including phenoxy) is 1. The third kappa shape index (κ3) is 4.40. The van der Waals surface area contributed by atoms with E-state index in [4.69, 9.17) is 4.74 Å². The van der Waals surface area contributed by atoms with Crippen molar-refractivity contribution in [1.82, 2.24) is 15.2 Å². The number of rotatable bonds is 8. The Bertz CT molecular complexity index is 1020. The second-order valence-electron chi connectivity index (χ2n) is 6.43. The molecule has 2 aromatic carbocycles. The van der Waals surface area contributed by atoms with Crippen LogP contribution < -0.4 is 10.6 Å². The Morgan fingerprint density at radius 2 is 1.86 bits per heavy atom. The number of hydrogen-bond donors (Lipinski definition) is 2. The van der Waals surface area contributed by atoms with Crippen LogP contribution in [0.2, 0.25) is 0 Å². The quantitative estimate of drug-likeness (QED) is 0.467. The Morgan fingerprint density at radius 3 is 2.64 bits per heavy atom. The van der Waals surface area contributed by atoms with Crippen molar-refractivity contribution in [1.29, 1.82) is 0 Å². The molecule has 6 heteroatoms. The molecule has 2 N–H and O–H groups in total. The fourth-order valence-corrected chi connectivity index (χ4v) is 3.27. The van der Waals surface area contributed by atoms with Crippen LogP contribution in [-0.2, 0) is 20.9 Å². The summed E-state index contributed by atoms with van der Waals surface area (Å²) < 4.78 is 7.14. The molecule has 0 bridgehead atoms. The van der Waals surface area contributed by atoms with E-state index in [1.54, 1.807) is 13.2 Å². The minimum Gasteiger partial charge on any atom is -0.383 e. The van der Waals surface area contributed by atoms with Gasteiger partial charge in [-0.15, -0.1) is 0 Å². The van der Waals surface area contributed by atoms with Gasteiger partial charge in [-0.2, -0.15) is 0 Å². The standard InChI is InChI=1S/C22H25N3O3/c1-3-25-19-7-5-4-6-17(19)18-14-16(8-10-20(18)25)9-11-21(26)24-15-22(27)23-12-13-28-2/h4-11,14H,3,12-13,15H2,1-2H3,(H,23,27)(H,24,26)/b11-9+. The van der Waals surface area contributed by atoms with Gasteiger partial charge in [0.15, 0.2) is 0 Å². The highest BCUT2D eigenvalue weighted by Crippen LogP contribution is 2.29. The zero-order chi connectivity index (χ0) is 19.9. The van der Waals surface area contributed by atoms with E-state index >= 15 is 0 Å². The van der Waals surface area contributed by atoms with Crippen LogP contribution in [0, 0.1) is 0 Å². The predicted octanol–water partition coefficient (Wildman–Crippen LogP) is 2.71. The van der Waals surface area contributed by atoms with Gasteiger partial charge in [-0.1, -0.05) is 24.3 Å². The Balaban J connectivity index is 1.69. The van der Waals surface area contributed by atoms with Crippen LogP contribution in [0.3, 0.4) is 0 Å². The molecule has 0 saturated carbocycles. The molecule has 3 rings (SSSR count). The van der Waals surface area contributed by atoms with Gasteiger partial charge >= 0.3 is 0 Å². The molecule has 0 spiro atoms. The number of benzene rings is 2. The summed E-state index contributed by atoms with van der Waals surface area (Å²) in [5, 5.41) is 7.59. The molecule has 2 amide bonds. The molecule has 146 valence electrons. The van der Waals surface area contributed by atoms with Crippen molar-refractivity contribution in [3.63, 3.8) is 0 Å². The molecule has 0 aliphatic heterocycles. The third-order valence-electron chi connectivity index (χ3n) is 4.59. The molecular formula is C22H25N3O3. The Morgan fingerprint density at radius 1 is 1.07 bits per heavy atom. The summed E-state index contributed by atoms with van der Waals surface area (Å²) in [6, 6.07) is 14.5. The Kier molecular flexibility index (Phi) is 6.45. The zero-order valence-electron chi connectivity index (χ0n) is 16.2. The molecule has 1 heterocycles. The third-order valence-corrected chi connectivity index (χ3v) is 4.59. The van der Waals surface area contributed by atoms with Gasteiger partial charge in [-0.05, 0) is 36.8 Å². The van der Waals surface area contributed by atoms with Crippen molar-refractivity contribution in [2.45, 2.75) is 13.5 Å². The molecular weight excluding hydrogens is 354 g/mol. The van der Waals surface area contributed by atoms with Crippen molar-refractivity contribution in [2.75, 3.05) is 26.8 Å². The SMILES string of the molecule is CCn1c2ccccc2c2cc(/C=C/C(=O)NCC(=O)NCCOC)ccc21. The van der Waals surface area contributed by atoms with Crippen molar-refractivity contribution in [3.8, 4) is 0 Å². The predicted molar refractivity (Wildman–Crippen MR) is 112 cm³/mol. The average Bonchev–Trinajstić information content (AvgIpc) is 3.04. The van der Waals surface area contributed by atoms with Gasteiger partial charge in [-0.3, -0.25) is 9.59 Å². The van der Waals surface area contributed by atoms with E-state index in [0.29, 0.717) is 13.2 Å². The van der Waals surface area contributed by atoms with Crippen LogP contribution in [0.1, 0.15) is 12.5 Å². The van der Waals surface area contributed by atoms with Crippen LogP contribution >= 0.6 is 0 Å². The molecule has 28 heavy (non-hydrogen) atoms. The first-order chi connectivity index (χ1) is 13.6. The van der Waals surface area contributed by atoms with Gasteiger partial charge in [-0.25, -0.2) is 0 Å². The van der Waals surface area contributed by atoms with Crippen molar-refractivity contribution in [3.05, 3.63) is 54.1 Å². The van der Waals surface area contributed by atoms with Gasteiger partial charge < -0.3 is 19.9 Å². The summed E-state index contributed by atoms with van der Waals surface area (Å²) in [5.41, 5.74) is 3.32. The topological polar surface area (TPSA) is 72.4 Å². The molecule has 3 aromatic rings. The minimum absolute atomic E-state index is 0.0596. The number of amides is 2. The van der Waals surface area contributed by atoms with Gasteiger partial charge in [0, 0.05) is 48.1 Å². The minimum atomic E-state index is -0.307. The zero-order valence-corrected chi connectivity index (χ0v) is 16.2. The number of aryl methyl sites for hydroxylation is 1. The highest BCUT2D eigenvalue weighted by atomic mass is 16.5. The van der Waals surface area contributed by atoms with Crippen molar-refractivity contribution >= 4 is 39.7 Å². The lowest BCUT2D eigenvalue weighted by atomic mass is 10.1. The largest absolute Gasteiger partial charge is 0.383 e. The van der Waals surface area contributed by atoms with E-state index in [1.807, 2.05) is 18.2 Å². The van der Waals surface area contributed by atoms with E-state index < -0.39 is 0 Å². The maximum atomic E-state index is 12.0. The number of carbonyl (C=O) groups is 2. The molecule has 0 unspecified atom stereocenters. The van der Waals surface area contributed by atoms with E-state index in [-0.39, 0.29) is 18.4 Å². The summed E-state index contributed by atoms with van der Waals surface area (Å²) in [6.07, 6.45) is 3.21. The summed E-state index contributed by atoms with van der Waals surface area (Å²) in [6.45, 7) is 3.84. The normalized spacial score (nSPS) is 11.4. The lowest BCUT2D eigenvalue weighted by molar-refractivity contribution is -0.124. The Hall–Kier alpha value is -3.12. The first-order valence-electron chi connectivity index (χ1n) is 9.36. The van der Waals surface area contributed by atoms with Gasteiger partial charge in [0.25, 0.3) is 0 Å². The smallest absolute Gasteiger partial charge is 0.244 e. The van der Waals surface area contributed by atoms with Crippen molar-refractivity contribution in [2.24, 2.45) is 0 Å². The number of fused-ring (bicyclic) bond motifs is 3. The fraction of sp³-hybridized carbons (Fsp3) is 0.273. The van der Waals surface area contributed by atoms with Gasteiger partial charge in [0.05, 0.1) is 13.2 Å². The highest BCUT2D eigenvalue weighted by molar-refractivity contribution is 6.08. The van der Waals surface area contributed by atoms with Crippen LogP contribution in [0.15, 0.2) is 48.5 Å². The number of hydrogen-bond acceptors (Lipinski definition) is 3.